The van der Waals surface area contributed by atoms with Gasteiger partial charge in [-0.1, -0.05) is 59.8 Å². The Morgan fingerprint density at radius 1 is 1.07 bits per heavy atom. The molecule has 5 rings (SSSR count). The van der Waals surface area contributed by atoms with Gasteiger partial charge in [0, 0.05) is 5.56 Å². The Kier molecular flexibility index (Phi) is 3.75. The predicted molar refractivity (Wildman–Crippen MR) is 99.9 cm³/mol. The Labute approximate surface area is 161 Å². The van der Waals surface area contributed by atoms with Crippen molar-refractivity contribution >= 4 is 11.9 Å². The number of benzene rings is 2. The smallest absolute Gasteiger partial charge is 0.325 e. The van der Waals surface area contributed by atoms with Gasteiger partial charge in [0.25, 0.3) is 5.91 Å². The molecule has 1 aliphatic heterocycles. The van der Waals surface area contributed by atoms with Gasteiger partial charge in [0.1, 0.15) is 12.1 Å². The molecular formula is C21H18N4O3. The van der Waals surface area contributed by atoms with Crippen LogP contribution in [0.1, 0.15) is 29.9 Å². The van der Waals surface area contributed by atoms with E-state index in [0.717, 1.165) is 29.5 Å². The number of carbonyl (C=O) groups is 2. The largest absolute Gasteiger partial charge is 0.337 e. The molecule has 2 heterocycles. The van der Waals surface area contributed by atoms with E-state index in [2.05, 4.69) is 15.5 Å². The number of fused-ring (bicyclic) bond motifs is 2. The van der Waals surface area contributed by atoms with Crippen LogP contribution in [0.15, 0.2) is 59.1 Å². The predicted octanol–water partition coefficient (Wildman–Crippen LogP) is 3.02. The lowest BCUT2D eigenvalue weighted by Crippen LogP contribution is -2.46. The van der Waals surface area contributed by atoms with Crippen LogP contribution in [-0.2, 0) is 23.3 Å². The Bertz CT molecular complexity index is 1060. The third kappa shape index (κ3) is 2.51. The quantitative estimate of drug-likeness (QED) is 0.712. The van der Waals surface area contributed by atoms with E-state index in [4.69, 9.17) is 4.52 Å². The third-order valence-electron chi connectivity index (χ3n) is 5.44. The molecule has 140 valence electrons. The lowest BCUT2D eigenvalue weighted by atomic mass is 9.76. The van der Waals surface area contributed by atoms with Gasteiger partial charge in [0.05, 0.1) is 0 Å². The Hall–Kier alpha value is -3.48. The summed E-state index contributed by atoms with van der Waals surface area (Å²) < 4.78 is 5.29. The van der Waals surface area contributed by atoms with Crippen molar-refractivity contribution in [2.45, 2.75) is 31.3 Å². The van der Waals surface area contributed by atoms with Gasteiger partial charge in [0.15, 0.2) is 0 Å². The standard InChI is InChI=1S/C21H18N4O3/c26-19-21(12-6-10-14-7-4-5-11-16(14)21)23-20(27)25(19)13-17-22-18(24-28-17)15-8-2-1-3-9-15/h1-5,7-9,11H,6,10,12-13H2,(H,23,27)/t21-/m1/s1. The molecular weight excluding hydrogens is 356 g/mol. The van der Waals surface area contributed by atoms with Crippen LogP contribution >= 0.6 is 0 Å². The summed E-state index contributed by atoms with van der Waals surface area (Å²) in [5.74, 6) is 0.396. The number of rotatable bonds is 3. The van der Waals surface area contributed by atoms with E-state index in [0.29, 0.717) is 12.2 Å². The fourth-order valence-electron chi connectivity index (χ4n) is 4.11. The number of amides is 3. The summed E-state index contributed by atoms with van der Waals surface area (Å²) in [7, 11) is 0. The summed E-state index contributed by atoms with van der Waals surface area (Å²) in [6.45, 7) is -0.0472. The van der Waals surface area contributed by atoms with Crippen molar-refractivity contribution in [2.75, 3.05) is 0 Å². The highest BCUT2D eigenvalue weighted by molar-refractivity contribution is 6.07. The minimum atomic E-state index is -0.992. The van der Waals surface area contributed by atoms with Crippen LogP contribution in [0.4, 0.5) is 4.79 Å². The number of nitrogens with one attached hydrogen (secondary N) is 1. The molecule has 1 saturated heterocycles. The fourth-order valence-corrected chi connectivity index (χ4v) is 4.11. The minimum Gasteiger partial charge on any atom is -0.337 e. The summed E-state index contributed by atoms with van der Waals surface area (Å²) >= 11 is 0. The Balaban J connectivity index is 1.43. The SMILES string of the molecule is O=C1N[C@@]2(CCCc3ccccc32)C(=O)N1Cc1nc(-c2ccccc2)no1. The number of imide groups is 1. The maximum Gasteiger partial charge on any atom is 0.325 e. The zero-order valence-electron chi connectivity index (χ0n) is 15.1. The summed E-state index contributed by atoms with van der Waals surface area (Å²) in [4.78, 5) is 31.5. The number of hydrogen-bond donors (Lipinski definition) is 1. The molecule has 1 fully saturated rings. The first kappa shape index (κ1) is 16.7. The molecule has 1 spiro atoms. The molecule has 1 atom stereocenters. The van der Waals surface area contributed by atoms with E-state index >= 15 is 0 Å². The van der Waals surface area contributed by atoms with Gasteiger partial charge in [0.2, 0.25) is 11.7 Å². The van der Waals surface area contributed by atoms with Gasteiger partial charge >= 0.3 is 6.03 Å². The van der Waals surface area contributed by atoms with Gasteiger partial charge in [-0.05, 0) is 30.4 Å². The van der Waals surface area contributed by atoms with Crippen molar-refractivity contribution in [2.24, 2.45) is 0 Å². The fraction of sp³-hybridized carbons (Fsp3) is 0.238. The second-order valence-electron chi connectivity index (χ2n) is 7.12. The molecule has 0 radical (unpaired) electrons. The van der Waals surface area contributed by atoms with E-state index in [9.17, 15) is 9.59 Å². The molecule has 3 amide bonds. The van der Waals surface area contributed by atoms with Crippen LogP contribution in [0, 0.1) is 0 Å². The van der Waals surface area contributed by atoms with Crippen LogP contribution in [0.25, 0.3) is 11.4 Å². The molecule has 0 bridgehead atoms. The Morgan fingerprint density at radius 3 is 2.71 bits per heavy atom. The minimum absolute atomic E-state index is 0.0472. The van der Waals surface area contributed by atoms with Crippen LogP contribution in [0.5, 0.6) is 0 Å². The highest BCUT2D eigenvalue weighted by atomic mass is 16.5. The second kappa shape index (κ2) is 6.30. The summed E-state index contributed by atoms with van der Waals surface area (Å²) in [6.07, 6.45) is 2.34. The van der Waals surface area contributed by atoms with Crippen molar-refractivity contribution in [3.63, 3.8) is 0 Å². The molecule has 3 aromatic rings. The molecule has 1 aromatic heterocycles. The molecule has 0 unspecified atom stereocenters. The number of nitrogens with zero attached hydrogens (tertiary/aromatic N) is 3. The first-order valence-corrected chi connectivity index (χ1v) is 9.28. The molecule has 1 N–H and O–H groups in total. The van der Waals surface area contributed by atoms with Crippen molar-refractivity contribution in [3.8, 4) is 11.4 Å². The van der Waals surface area contributed by atoms with Gasteiger partial charge in [-0.15, -0.1) is 0 Å². The first-order chi connectivity index (χ1) is 13.7. The van der Waals surface area contributed by atoms with Crippen LogP contribution in [0.2, 0.25) is 0 Å². The maximum absolute atomic E-state index is 13.3. The lowest BCUT2D eigenvalue weighted by Gasteiger charge is -2.33. The highest BCUT2D eigenvalue weighted by Gasteiger charge is 2.54. The molecule has 1 aliphatic carbocycles. The van der Waals surface area contributed by atoms with E-state index in [1.165, 1.54) is 4.90 Å². The van der Waals surface area contributed by atoms with Crippen molar-refractivity contribution < 1.29 is 14.1 Å². The third-order valence-corrected chi connectivity index (χ3v) is 5.44. The normalized spacial score (nSPS) is 21.1. The Morgan fingerprint density at radius 2 is 1.86 bits per heavy atom. The van der Waals surface area contributed by atoms with Crippen LogP contribution in [0.3, 0.4) is 0 Å². The number of aromatic nitrogens is 2. The zero-order chi connectivity index (χ0) is 19.1. The summed E-state index contributed by atoms with van der Waals surface area (Å²) in [5.41, 5.74) is 1.81. The van der Waals surface area contributed by atoms with Crippen molar-refractivity contribution in [3.05, 3.63) is 71.6 Å². The van der Waals surface area contributed by atoms with E-state index < -0.39 is 11.6 Å². The lowest BCUT2D eigenvalue weighted by molar-refractivity contribution is -0.132. The first-order valence-electron chi connectivity index (χ1n) is 9.28. The number of carbonyl (C=O) groups excluding carboxylic acids is 2. The molecule has 2 aromatic carbocycles. The van der Waals surface area contributed by atoms with Gasteiger partial charge < -0.3 is 9.84 Å². The molecule has 7 heteroatoms. The van der Waals surface area contributed by atoms with Crippen LogP contribution in [-0.4, -0.2) is 27.0 Å². The van der Waals surface area contributed by atoms with Crippen molar-refractivity contribution in [1.82, 2.24) is 20.4 Å². The average Bonchev–Trinajstić information content (AvgIpc) is 3.29. The number of urea groups is 1. The van der Waals surface area contributed by atoms with Crippen LogP contribution < -0.4 is 5.32 Å². The molecule has 7 nitrogen and oxygen atoms in total. The van der Waals surface area contributed by atoms with Gasteiger partial charge in [-0.2, -0.15) is 4.98 Å². The maximum atomic E-state index is 13.3. The molecule has 2 aliphatic rings. The zero-order valence-corrected chi connectivity index (χ0v) is 15.1. The summed E-state index contributed by atoms with van der Waals surface area (Å²) in [5, 5.41) is 6.89. The topological polar surface area (TPSA) is 88.3 Å². The molecule has 28 heavy (non-hydrogen) atoms. The van der Waals surface area contributed by atoms with E-state index in [1.807, 2.05) is 54.6 Å². The van der Waals surface area contributed by atoms with Gasteiger partial charge in [-0.3, -0.25) is 9.69 Å². The van der Waals surface area contributed by atoms with E-state index in [1.54, 1.807) is 0 Å². The van der Waals surface area contributed by atoms with Gasteiger partial charge in [-0.25, -0.2) is 4.79 Å². The number of hydrogen-bond acceptors (Lipinski definition) is 5. The highest BCUT2D eigenvalue weighted by Crippen LogP contribution is 2.40. The second-order valence-corrected chi connectivity index (χ2v) is 7.12. The number of aryl methyl sites for hydroxylation is 1. The molecule has 0 saturated carbocycles. The van der Waals surface area contributed by atoms with Crippen molar-refractivity contribution in [1.29, 1.82) is 0 Å². The summed E-state index contributed by atoms with van der Waals surface area (Å²) in [6, 6.07) is 16.8. The monoisotopic (exact) mass is 374 g/mol. The van der Waals surface area contributed by atoms with E-state index in [-0.39, 0.29) is 18.3 Å². The average molecular weight is 374 g/mol.